The molecule has 1 aromatic heterocycles. The molecule has 2 rings (SSSR count). The number of aromatic nitrogens is 2. The van der Waals surface area contributed by atoms with Crippen molar-refractivity contribution < 1.29 is 4.92 Å². The number of hydrogen-bond donors (Lipinski definition) is 0. The average molecular weight is 308 g/mol. The first-order valence-electron chi connectivity index (χ1n) is 5.27. The maximum atomic E-state index is 11.0. The number of nitro groups is 1. The Hall–Kier alpha value is -1.82. The van der Waals surface area contributed by atoms with Crippen LogP contribution in [0.25, 0.3) is 0 Å². The number of aryl methyl sites for hydroxylation is 1. The number of hydrogen-bond acceptors (Lipinski definition) is 4. The number of benzene rings is 1. The molecule has 2 aromatic rings. The fraction of sp³-hybridized carbons (Fsp3) is 0.167. The Kier molecular flexibility index (Phi) is 3.66. The van der Waals surface area contributed by atoms with E-state index in [4.69, 9.17) is 0 Å². The molecule has 0 unspecified atom stereocenters. The Morgan fingerprint density at radius 1 is 1.33 bits per heavy atom. The van der Waals surface area contributed by atoms with E-state index in [2.05, 4.69) is 25.9 Å². The van der Waals surface area contributed by atoms with E-state index in [1.54, 1.807) is 18.5 Å². The second-order valence-electron chi connectivity index (χ2n) is 3.82. The predicted octanol–water partition coefficient (Wildman–Crippen LogP) is 3.05. The van der Waals surface area contributed by atoms with Crippen molar-refractivity contribution in [2.75, 3.05) is 0 Å². The highest BCUT2D eigenvalue weighted by molar-refractivity contribution is 9.10. The van der Waals surface area contributed by atoms with Gasteiger partial charge in [0.15, 0.2) is 0 Å². The van der Waals surface area contributed by atoms with Gasteiger partial charge < -0.3 is 0 Å². The van der Waals surface area contributed by atoms with Gasteiger partial charge in [-0.15, -0.1) is 0 Å². The van der Waals surface area contributed by atoms with E-state index < -0.39 is 0 Å². The van der Waals surface area contributed by atoms with Crippen LogP contribution >= 0.6 is 15.9 Å². The molecule has 0 spiro atoms. The standard InChI is InChI=1S/C12H10BrN3O2/c1-8-3-2-4-11(16(17)18)10(8)5-12-14-6-9(13)7-15-12/h2-4,6-7H,5H2,1H3. The summed E-state index contributed by atoms with van der Waals surface area (Å²) >= 11 is 3.25. The molecular weight excluding hydrogens is 298 g/mol. The first-order valence-corrected chi connectivity index (χ1v) is 6.06. The molecule has 1 aromatic carbocycles. The van der Waals surface area contributed by atoms with Gasteiger partial charge in [0, 0.05) is 30.4 Å². The Morgan fingerprint density at radius 3 is 2.61 bits per heavy atom. The lowest BCUT2D eigenvalue weighted by atomic mass is 10.0. The molecule has 0 radical (unpaired) electrons. The van der Waals surface area contributed by atoms with Gasteiger partial charge in [0.05, 0.1) is 9.40 Å². The van der Waals surface area contributed by atoms with Crippen molar-refractivity contribution in [3.8, 4) is 0 Å². The number of nitrogens with zero attached hydrogens (tertiary/aromatic N) is 3. The Morgan fingerprint density at radius 2 is 2.00 bits per heavy atom. The average Bonchev–Trinajstić information content (AvgIpc) is 2.34. The summed E-state index contributed by atoms with van der Waals surface area (Å²) in [4.78, 5) is 18.9. The van der Waals surface area contributed by atoms with E-state index in [-0.39, 0.29) is 10.6 Å². The van der Waals surface area contributed by atoms with E-state index in [9.17, 15) is 10.1 Å². The third-order valence-corrected chi connectivity index (χ3v) is 3.00. The topological polar surface area (TPSA) is 68.9 Å². The smallest absolute Gasteiger partial charge is 0.258 e. The molecule has 92 valence electrons. The summed E-state index contributed by atoms with van der Waals surface area (Å²) in [5.41, 5.74) is 1.64. The Labute approximate surface area is 112 Å². The minimum Gasteiger partial charge on any atom is -0.258 e. The first kappa shape index (κ1) is 12.6. The molecule has 5 nitrogen and oxygen atoms in total. The van der Waals surface area contributed by atoms with Crippen LogP contribution in [0.5, 0.6) is 0 Å². The van der Waals surface area contributed by atoms with Crippen molar-refractivity contribution in [1.29, 1.82) is 0 Å². The van der Waals surface area contributed by atoms with Gasteiger partial charge >= 0.3 is 0 Å². The van der Waals surface area contributed by atoms with Crippen LogP contribution in [0.3, 0.4) is 0 Å². The highest BCUT2D eigenvalue weighted by Gasteiger charge is 2.16. The van der Waals surface area contributed by atoms with E-state index in [1.165, 1.54) is 6.07 Å². The SMILES string of the molecule is Cc1cccc([N+](=O)[O-])c1Cc1ncc(Br)cn1. The summed E-state index contributed by atoms with van der Waals surface area (Å²) in [5, 5.41) is 11.0. The van der Waals surface area contributed by atoms with E-state index in [0.717, 1.165) is 10.0 Å². The fourth-order valence-corrected chi connectivity index (χ4v) is 1.88. The monoisotopic (exact) mass is 307 g/mol. The highest BCUT2D eigenvalue weighted by Crippen LogP contribution is 2.23. The molecule has 0 saturated heterocycles. The first-order chi connectivity index (χ1) is 8.58. The Balaban J connectivity index is 2.39. The minimum absolute atomic E-state index is 0.113. The lowest BCUT2D eigenvalue weighted by molar-refractivity contribution is -0.385. The van der Waals surface area contributed by atoms with Crippen LogP contribution in [0.1, 0.15) is 17.0 Å². The second-order valence-corrected chi connectivity index (χ2v) is 4.74. The lowest BCUT2D eigenvalue weighted by Crippen LogP contribution is -2.02. The summed E-state index contributed by atoms with van der Waals surface area (Å²) in [6.45, 7) is 1.85. The van der Waals surface area contributed by atoms with E-state index in [1.807, 2.05) is 13.0 Å². The van der Waals surface area contributed by atoms with Crippen molar-refractivity contribution in [2.24, 2.45) is 0 Å². The molecule has 0 amide bonds. The molecule has 0 bridgehead atoms. The van der Waals surface area contributed by atoms with Crippen molar-refractivity contribution in [3.05, 3.63) is 62.1 Å². The van der Waals surface area contributed by atoms with Gasteiger partial charge in [-0.1, -0.05) is 12.1 Å². The zero-order valence-electron chi connectivity index (χ0n) is 9.63. The summed E-state index contributed by atoms with van der Waals surface area (Å²) in [6.07, 6.45) is 3.62. The molecule has 0 N–H and O–H groups in total. The molecule has 6 heteroatoms. The second kappa shape index (κ2) is 5.22. The molecular formula is C12H10BrN3O2. The van der Waals surface area contributed by atoms with Gasteiger partial charge in [-0.25, -0.2) is 9.97 Å². The van der Waals surface area contributed by atoms with Crippen LogP contribution in [-0.2, 0) is 6.42 Å². The lowest BCUT2D eigenvalue weighted by Gasteiger charge is -2.05. The highest BCUT2D eigenvalue weighted by atomic mass is 79.9. The Bertz CT molecular complexity index is 584. The normalized spacial score (nSPS) is 10.3. The zero-order valence-corrected chi connectivity index (χ0v) is 11.2. The summed E-state index contributed by atoms with van der Waals surface area (Å²) in [7, 11) is 0. The quantitative estimate of drug-likeness (QED) is 0.645. The summed E-state index contributed by atoms with van der Waals surface area (Å²) < 4.78 is 0.783. The van der Waals surface area contributed by atoms with Crippen LogP contribution in [0.4, 0.5) is 5.69 Å². The van der Waals surface area contributed by atoms with Crippen molar-refractivity contribution in [3.63, 3.8) is 0 Å². The van der Waals surface area contributed by atoms with Crippen LogP contribution in [-0.4, -0.2) is 14.9 Å². The van der Waals surface area contributed by atoms with Crippen molar-refractivity contribution in [2.45, 2.75) is 13.3 Å². The zero-order chi connectivity index (χ0) is 13.1. The summed E-state index contributed by atoms with van der Waals surface area (Å²) in [6, 6.07) is 5.03. The van der Waals surface area contributed by atoms with Gasteiger partial charge in [-0.2, -0.15) is 0 Å². The van der Waals surface area contributed by atoms with Gasteiger partial charge in [-0.3, -0.25) is 10.1 Å². The largest absolute Gasteiger partial charge is 0.273 e. The predicted molar refractivity (Wildman–Crippen MR) is 70.4 cm³/mol. The number of nitro benzene ring substituents is 1. The summed E-state index contributed by atoms with van der Waals surface area (Å²) in [5.74, 6) is 0.565. The van der Waals surface area contributed by atoms with Crippen LogP contribution in [0.2, 0.25) is 0 Å². The molecule has 0 atom stereocenters. The van der Waals surface area contributed by atoms with Gasteiger partial charge in [-0.05, 0) is 28.4 Å². The van der Waals surface area contributed by atoms with Crippen LogP contribution < -0.4 is 0 Å². The molecule has 0 aliphatic carbocycles. The molecule has 0 aliphatic heterocycles. The van der Waals surface area contributed by atoms with Gasteiger partial charge in [0.2, 0.25) is 0 Å². The third kappa shape index (κ3) is 2.70. The van der Waals surface area contributed by atoms with Gasteiger partial charge in [0.25, 0.3) is 5.69 Å². The molecule has 18 heavy (non-hydrogen) atoms. The number of halogens is 1. The molecule has 0 aliphatic rings. The van der Waals surface area contributed by atoms with Crippen molar-refractivity contribution in [1.82, 2.24) is 9.97 Å². The van der Waals surface area contributed by atoms with Crippen LogP contribution in [0, 0.1) is 17.0 Å². The fourth-order valence-electron chi connectivity index (χ4n) is 1.68. The van der Waals surface area contributed by atoms with E-state index in [0.29, 0.717) is 17.8 Å². The number of rotatable bonds is 3. The molecule has 0 saturated carbocycles. The molecule has 1 heterocycles. The maximum Gasteiger partial charge on any atom is 0.273 e. The third-order valence-electron chi connectivity index (χ3n) is 2.59. The maximum absolute atomic E-state index is 11.0. The van der Waals surface area contributed by atoms with Crippen LogP contribution in [0.15, 0.2) is 35.1 Å². The van der Waals surface area contributed by atoms with Gasteiger partial charge in [0.1, 0.15) is 5.82 Å². The molecule has 0 fully saturated rings. The van der Waals surface area contributed by atoms with E-state index >= 15 is 0 Å². The minimum atomic E-state index is -0.374. The van der Waals surface area contributed by atoms with Crippen molar-refractivity contribution >= 4 is 21.6 Å².